The summed E-state index contributed by atoms with van der Waals surface area (Å²) < 4.78 is 26.8. The van der Waals surface area contributed by atoms with E-state index in [1.807, 2.05) is 30.3 Å². The first kappa shape index (κ1) is 13.7. The Labute approximate surface area is 113 Å². The number of rotatable bonds is 5. The molecular formula is C14H17N2O2S+. The molecule has 0 saturated heterocycles. The summed E-state index contributed by atoms with van der Waals surface area (Å²) in [6, 6.07) is 16.5. The van der Waals surface area contributed by atoms with Gasteiger partial charge in [-0.3, -0.25) is 0 Å². The molecule has 0 aliphatic carbocycles. The van der Waals surface area contributed by atoms with Crippen molar-refractivity contribution in [2.45, 2.75) is 11.3 Å². The van der Waals surface area contributed by atoms with E-state index in [1.165, 1.54) is 0 Å². The van der Waals surface area contributed by atoms with Crippen LogP contribution < -0.4 is 10.5 Å². The Bertz CT molecular complexity index is 640. The van der Waals surface area contributed by atoms with Gasteiger partial charge in [-0.25, -0.2) is 13.1 Å². The van der Waals surface area contributed by atoms with Crippen molar-refractivity contribution in [3.63, 3.8) is 0 Å². The Balaban J connectivity index is 2.01. The first-order valence-electron chi connectivity index (χ1n) is 6.04. The van der Waals surface area contributed by atoms with Gasteiger partial charge < -0.3 is 5.73 Å². The van der Waals surface area contributed by atoms with E-state index in [0.29, 0.717) is 18.7 Å². The second-order valence-corrected chi connectivity index (χ2v) is 5.98. The number of hydrogen-bond acceptors (Lipinski definition) is 2. The van der Waals surface area contributed by atoms with Crippen LogP contribution in [0.25, 0.3) is 0 Å². The molecule has 2 aromatic rings. The van der Waals surface area contributed by atoms with Crippen molar-refractivity contribution < 1.29 is 14.2 Å². The van der Waals surface area contributed by atoms with Crippen LogP contribution in [0.15, 0.2) is 59.5 Å². The smallest absolute Gasteiger partial charge is 0.246 e. The van der Waals surface area contributed by atoms with Crippen LogP contribution in [0.5, 0.6) is 0 Å². The summed E-state index contributed by atoms with van der Waals surface area (Å²) in [5, 5.41) is 0. The summed E-state index contributed by atoms with van der Waals surface area (Å²) in [7, 11) is -3.47. The maximum absolute atomic E-state index is 12.1. The molecule has 0 aromatic heterocycles. The molecule has 0 aliphatic heterocycles. The topological polar surface area (TPSA) is 73.8 Å². The van der Waals surface area contributed by atoms with E-state index in [-0.39, 0.29) is 4.90 Å². The molecule has 19 heavy (non-hydrogen) atoms. The zero-order chi connectivity index (χ0) is 13.7. The molecule has 0 atom stereocenters. The van der Waals surface area contributed by atoms with Crippen LogP contribution in [0.1, 0.15) is 5.56 Å². The van der Waals surface area contributed by atoms with E-state index in [1.54, 1.807) is 24.3 Å². The predicted octanol–water partition coefficient (Wildman–Crippen LogP) is 1.08. The van der Waals surface area contributed by atoms with Gasteiger partial charge >= 0.3 is 0 Å². The van der Waals surface area contributed by atoms with Gasteiger partial charge in [-0.05, 0) is 18.1 Å². The third-order valence-electron chi connectivity index (χ3n) is 2.81. The van der Waals surface area contributed by atoms with Gasteiger partial charge in [0.2, 0.25) is 10.0 Å². The summed E-state index contributed by atoms with van der Waals surface area (Å²) in [4.78, 5) is 0.239. The largest absolute Gasteiger partial charge is 0.324 e. The number of benzene rings is 2. The van der Waals surface area contributed by atoms with Gasteiger partial charge in [-0.1, -0.05) is 42.5 Å². The normalized spacial score (nSPS) is 11.4. The molecule has 0 aliphatic rings. The molecule has 4 nitrogen and oxygen atoms in total. The SMILES string of the molecule is [NH3+]c1ccccc1S(=O)(=O)NCCc1ccccc1. The summed E-state index contributed by atoms with van der Waals surface area (Å²) >= 11 is 0. The lowest BCUT2D eigenvalue weighted by Gasteiger charge is -2.07. The fourth-order valence-electron chi connectivity index (χ4n) is 1.82. The number of hydrogen-bond donors (Lipinski definition) is 2. The molecule has 0 spiro atoms. The van der Waals surface area contributed by atoms with Gasteiger partial charge in [-0.2, -0.15) is 0 Å². The molecule has 4 N–H and O–H groups in total. The summed E-state index contributed by atoms with van der Waals surface area (Å²) in [5.74, 6) is 0. The minimum atomic E-state index is -3.47. The quantitative estimate of drug-likeness (QED) is 0.858. The van der Waals surface area contributed by atoms with E-state index < -0.39 is 10.0 Å². The number of nitrogens with one attached hydrogen (secondary N) is 1. The highest BCUT2D eigenvalue weighted by Gasteiger charge is 2.17. The van der Waals surface area contributed by atoms with Crippen molar-refractivity contribution in [2.75, 3.05) is 6.54 Å². The van der Waals surface area contributed by atoms with Gasteiger partial charge in [0.1, 0.15) is 10.6 Å². The molecule has 5 heteroatoms. The van der Waals surface area contributed by atoms with Crippen molar-refractivity contribution >= 4 is 15.7 Å². The lowest BCUT2D eigenvalue weighted by atomic mass is 10.2. The van der Waals surface area contributed by atoms with Gasteiger partial charge in [0.05, 0.1) is 0 Å². The molecule has 0 fully saturated rings. The Morgan fingerprint density at radius 1 is 0.947 bits per heavy atom. The molecule has 0 heterocycles. The van der Waals surface area contributed by atoms with Crippen LogP contribution in [0.2, 0.25) is 0 Å². The third kappa shape index (κ3) is 3.64. The third-order valence-corrected chi connectivity index (χ3v) is 4.37. The van der Waals surface area contributed by atoms with E-state index in [0.717, 1.165) is 5.56 Å². The van der Waals surface area contributed by atoms with E-state index in [2.05, 4.69) is 10.5 Å². The molecule has 0 unspecified atom stereocenters. The molecule has 2 aromatic carbocycles. The zero-order valence-corrected chi connectivity index (χ0v) is 11.4. The van der Waals surface area contributed by atoms with Crippen molar-refractivity contribution in [3.8, 4) is 0 Å². The molecule has 0 amide bonds. The Kier molecular flexibility index (Phi) is 4.31. The molecule has 100 valence electrons. The minimum Gasteiger partial charge on any atom is -0.324 e. The first-order valence-corrected chi connectivity index (χ1v) is 7.52. The highest BCUT2D eigenvalue weighted by Crippen LogP contribution is 2.15. The van der Waals surface area contributed by atoms with Crippen LogP contribution in [-0.2, 0) is 16.4 Å². The summed E-state index contributed by atoms with van der Waals surface area (Å²) in [5.41, 5.74) is 5.35. The van der Waals surface area contributed by atoms with Crippen molar-refractivity contribution in [3.05, 3.63) is 60.2 Å². The standard InChI is InChI=1S/C14H16N2O2S/c15-13-8-4-5-9-14(13)19(17,18)16-11-10-12-6-2-1-3-7-12/h1-9,16H,10-11,15H2/p+1. The number of sulfonamides is 1. The van der Waals surface area contributed by atoms with Crippen molar-refractivity contribution in [1.82, 2.24) is 4.72 Å². The van der Waals surface area contributed by atoms with Crippen molar-refractivity contribution in [1.29, 1.82) is 0 Å². The zero-order valence-electron chi connectivity index (χ0n) is 10.5. The van der Waals surface area contributed by atoms with E-state index >= 15 is 0 Å². The van der Waals surface area contributed by atoms with Crippen LogP contribution in [0.4, 0.5) is 5.69 Å². The van der Waals surface area contributed by atoms with E-state index in [9.17, 15) is 8.42 Å². The highest BCUT2D eigenvalue weighted by molar-refractivity contribution is 7.89. The average molecular weight is 277 g/mol. The maximum atomic E-state index is 12.1. The van der Waals surface area contributed by atoms with Crippen molar-refractivity contribution in [2.24, 2.45) is 0 Å². The minimum absolute atomic E-state index is 0.239. The first-order chi connectivity index (χ1) is 9.09. The number of quaternary nitrogens is 1. The monoisotopic (exact) mass is 277 g/mol. The Morgan fingerprint density at radius 3 is 2.26 bits per heavy atom. The Morgan fingerprint density at radius 2 is 1.58 bits per heavy atom. The maximum Gasteiger partial charge on any atom is 0.246 e. The lowest BCUT2D eigenvalue weighted by Crippen LogP contribution is -2.43. The molecule has 2 rings (SSSR count). The second-order valence-electron chi connectivity index (χ2n) is 4.24. The molecule has 0 saturated carbocycles. The summed E-state index contributed by atoms with van der Waals surface area (Å²) in [6.45, 7) is 0.376. The molecule has 0 bridgehead atoms. The fourth-order valence-corrected chi connectivity index (χ4v) is 3.02. The van der Waals surface area contributed by atoms with Gasteiger partial charge in [0, 0.05) is 12.6 Å². The Hall–Kier alpha value is -1.69. The van der Waals surface area contributed by atoms with E-state index in [4.69, 9.17) is 0 Å². The fraction of sp³-hybridized carbons (Fsp3) is 0.143. The van der Waals surface area contributed by atoms with Crippen LogP contribution in [-0.4, -0.2) is 15.0 Å². The molecule has 0 radical (unpaired) electrons. The van der Waals surface area contributed by atoms with Gasteiger partial charge in [-0.15, -0.1) is 0 Å². The lowest BCUT2D eigenvalue weighted by molar-refractivity contribution is -0.258. The van der Waals surface area contributed by atoms with Crippen LogP contribution >= 0.6 is 0 Å². The van der Waals surface area contributed by atoms with Crippen LogP contribution in [0, 0.1) is 0 Å². The molecular weight excluding hydrogens is 260 g/mol. The van der Waals surface area contributed by atoms with Gasteiger partial charge in [0.25, 0.3) is 0 Å². The average Bonchev–Trinajstić information content (AvgIpc) is 2.40. The van der Waals surface area contributed by atoms with Crippen LogP contribution in [0.3, 0.4) is 0 Å². The second kappa shape index (κ2) is 5.97. The highest BCUT2D eigenvalue weighted by atomic mass is 32.2. The predicted molar refractivity (Wildman–Crippen MR) is 74.3 cm³/mol. The van der Waals surface area contributed by atoms with Gasteiger partial charge in [0.15, 0.2) is 0 Å². The summed E-state index contributed by atoms with van der Waals surface area (Å²) in [6.07, 6.45) is 0.666.